The molecule has 18 heavy (non-hydrogen) atoms. The van der Waals surface area contributed by atoms with E-state index >= 15 is 0 Å². The molecule has 1 unspecified atom stereocenters. The third-order valence-electron chi connectivity index (χ3n) is 4.42. The minimum Gasteiger partial charge on any atom is -0.306 e. The highest BCUT2D eigenvalue weighted by Crippen LogP contribution is 2.24. The van der Waals surface area contributed by atoms with Gasteiger partial charge in [-0.2, -0.15) is 0 Å². The minimum absolute atomic E-state index is 0.798. The van der Waals surface area contributed by atoms with Crippen molar-refractivity contribution in [1.29, 1.82) is 0 Å². The van der Waals surface area contributed by atoms with Crippen LogP contribution in [0.3, 0.4) is 0 Å². The van der Waals surface area contributed by atoms with Gasteiger partial charge < -0.3 is 14.7 Å². The normalized spacial score (nSPS) is 28.8. The van der Waals surface area contributed by atoms with Gasteiger partial charge in [-0.15, -0.1) is 0 Å². The highest BCUT2D eigenvalue weighted by molar-refractivity contribution is 4.82. The van der Waals surface area contributed by atoms with E-state index in [4.69, 9.17) is 0 Å². The quantitative estimate of drug-likeness (QED) is 0.747. The molecule has 2 aliphatic rings. The first-order chi connectivity index (χ1) is 8.65. The molecule has 108 valence electrons. The summed E-state index contributed by atoms with van der Waals surface area (Å²) in [6.07, 6.45) is 4.23. The number of likely N-dealkylation sites (N-methyl/N-ethyl adjacent to an activating group) is 2. The second-order valence-corrected chi connectivity index (χ2v) is 5.88. The van der Waals surface area contributed by atoms with E-state index in [1.54, 1.807) is 0 Å². The number of hydrogen-bond acceptors (Lipinski definition) is 3. The predicted octanol–water partition coefficient (Wildman–Crippen LogP) is 1.99. The largest absolute Gasteiger partial charge is 0.306 e. The fraction of sp³-hybridized carbons (Fsp3) is 1.00. The van der Waals surface area contributed by atoms with Crippen LogP contribution >= 0.6 is 0 Å². The van der Waals surface area contributed by atoms with Crippen molar-refractivity contribution in [2.24, 2.45) is 5.92 Å². The van der Waals surface area contributed by atoms with E-state index in [-0.39, 0.29) is 0 Å². The van der Waals surface area contributed by atoms with E-state index in [0.717, 1.165) is 12.0 Å². The van der Waals surface area contributed by atoms with E-state index in [0.29, 0.717) is 0 Å². The maximum atomic E-state index is 2.57. The summed E-state index contributed by atoms with van der Waals surface area (Å²) in [6.45, 7) is 10.4. The highest BCUT2D eigenvalue weighted by Gasteiger charge is 2.26. The van der Waals surface area contributed by atoms with Crippen molar-refractivity contribution in [2.45, 2.75) is 39.2 Å². The molecule has 2 aliphatic heterocycles. The summed E-state index contributed by atoms with van der Waals surface area (Å²) in [6, 6.07) is 0.798. The van der Waals surface area contributed by atoms with Gasteiger partial charge in [0, 0.05) is 25.7 Å². The number of piperazine rings is 1. The third-order valence-corrected chi connectivity index (χ3v) is 4.42. The van der Waals surface area contributed by atoms with Crippen molar-refractivity contribution in [3.63, 3.8) is 0 Å². The lowest BCUT2D eigenvalue weighted by Crippen LogP contribution is -2.51. The van der Waals surface area contributed by atoms with E-state index in [1.165, 1.54) is 52.0 Å². The summed E-state index contributed by atoms with van der Waals surface area (Å²) < 4.78 is 0. The second-order valence-electron chi connectivity index (χ2n) is 5.88. The van der Waals surface area contributed by atoms with Gasteiger partial charge in [-0.3, -0.25) is 0 Å². The maximum absolute atomic E-state index is 2.57. The predicted molar refractivity (Wildman–Crippen MR) is 80.1 cm³/mol. The Kier molecular flexibility index (Phi) is 7.20. The zero-order valence-corrected chi connectivity index (χ0v) is 13.2. The van der Waals surface area contributed by atoms with Crippen LogP contribution in [0.15, 0.2) is 0 Å². The van der Waals surface area contributed by atoms with Gasteiger partial charge in [0.15, 0.2) is 0 Å². The highest BCUT2D eigenvalue weighted by atomic mass is 15.3. The average molecular weight is 255 g/mol. The van der Waals surface area contributed by atoms with Crippen molar-refractivity contribution in [2.75, 3.05) is 53.9 Å². The van der Waals surface area contributed by atoms with E-state index < -0.39 is 0 Å². The van der Waals surface area contributed by atoms with Crippen LogP contribution in [0.1, 0.15) is 33.1 Å². The van der Waals surface area contributed by atoms with Crippen LogP contribution in [0.25, 0.3) is 0 Å². The smallest absolute Gasteiger partial charge is 0.0223 e. The van der Waals surface area contributed by atoms with E-state index in [9.17, 15) is 0 Å². The van der Waals surface area contributed by atoms with Crippen molar-refractivity contribution < 1.29 is 0 Å². The number of rotatable bonds is 2. The van der Waals surface area contributed by atoms with Crippen molar-refractivity contribution in [1.82, 2.24) is 14.7 Å². The van der Waals surface area contributed by atoms with Crippen LogP contribution in [0, 0.1) is 5.92 Å². The van der Waals surface area contributed by atoms with Crippen molar-refractivity contribution >= 4 is 0 Å². The Morgan fingerprint density at radius 2 is 1.44 bits per heavy atom. The summed E-state index contributed by atoms with van der Waals surface area (Å²) in [5.41, 5.74) is 0. The lowest BCUT2D eigenvalue weighted by atomic mass is 9.89. The molecule has 0 radical (unpaired) electrons. The van der Waals surface area contributed by atoms with E-state index in [1.807, 2.05) is 13.8 Å². The van der Waals surface area contributed by atoms with Crippen LogP contribution in [-0.4, -0.2) is 74.6 Å². The fourth-order valence-electron chi connectivity index (χ4n) is 3.04. The summed E-state index contributed by atoms with van der Waals surface area (Å²) in [5, 5.41) is 0. The van der Waals surface area contributed by atoms with Crippen LogP contribution in [0.2, 0.25) is 0 Å². The Morgan fingerprint density at radius 1 is 0.833 bits per heavy atom. The van der Waals surface area contributed by atoms with Crippen LogP contribution in [-0.2, 0) is 0 Å². The molecular formula is C15H33N3. The summed E-state index contributed by atoms with van der Waals surface area (Å²) >= 11 is 0. The standard InChI is InChI=1S/C13H27N3.C2H6/c1-14-6-4-12(5-7-14)10-13-11-15(2)8-9-16(13)3;1-2/h12-13H,4-11H2,1-3H3;1-2H3. The molecule has 0 amide bonds. The second kappa shape index (κ2) is 8.13. The Labute approximate surface area is 114 Å². The number of nitrogens with zero attached hydrogens (tertiary/aromatic N) is 3. The van der Waals surface area contributed by atoms with E-state index in [2.05, 4.69) is 35.8 Å². The first-order valence-electron chi connectivity index (χ1n) is 7.72. The minimum atomic E-state index is 0.798. The molecule has 2 fully saturated rings. The number of hydrogen-bond donors (Lipinski definition) is 0. The molecule has 3 nitrogen and oxygen atoms in total. The Morgan fingerprint density at radius 3 is 2.06 bits per heavy atom. The molecule has 0 aromatic heterocycles. The van der Waals surface area contributed by atoms with Crippen LogP contribution < -0.4 is 0 Å². The first kappa shape index (κ1) is 15.9. The number of piperidine rings is 1. The molecule has 0 N–H and O–H groups in total. The molecule has 0 saturated carbocycles. The van der Waals surface area contributed by atoms with Crippen molar-refractivity contribution in [3.8, 4) is 0 Å². The van der Waals surface area contributed by atoms with Gasteiger partial charge >= 0.3 is 0 Å². The van der Waals surface area contributed by atoms with Crippen molar-refractivity contribution in [3.05, 3.63) is 0 Å². The topological polar surface area (TPSA) is 9.72 Å². The first-order valence-corrected chi connectivity index (χ1v) is 7.72. The monoisotopic (exact) mass is 255 g/mol. The number of likely N-dealkylation sites (tertiary alicyclic amines) is 1. The molecule has 2 heterocycles. The zero-order chi connectivity index (χ0) is 13.5. The zero-order valence-electron chi connectivity index (χ0n) is 13.2. The third kappa shape index (κ3) is 4.87. The molecular weight excluding hydrogens is 222 g/mol. The Bertz CT molecular complexity index is 212. The van der Waals surface area contributed by atoms with Crippen LogP contribution in [0.5, 0.6) is 0 Å². The molecule has 0 spiro atoms. The lowest BCUT2D eigenvalue weighted by molar-refractivity contribution is 0.0848. The molecule has 0 aliphatic carbocycles. The summed E-state index contributed by atoms with van der Waals surface area (Å²) in [4.78, 5) is 7.52. The SMILES string of the molecule is CC.CN1CCC(CC2CN(C)CCN2C)CC1. The van der Waals surface area contributed by atoms with Crippen LogP contribution in [0.4, 0.5) is 0 Å². The molecule has 2 saturated heterocycles. The fourth-order valence-corrected chi connectivity index (χ4v) is 3.04. The summed E-state index contributed by atoms with van der Waals surface area (Å²) in [7, 11) is 6.80. The van der Waals surface area contributed by atoms with Gasteiger partial charge in [0.05, 0.1) is 0 Å². The lowest BCUT2D eigenvalue weighted by Gasteiger charge is -2.40. The van der Waals surface area contributed by atoms with Gasteiger partial charge in [0.25, 0.3) is 0 Å². The Hall–Kier alpha value is -0.120. The van der Waals surface area contributed by atoms with Gasteiger partial charge in [-0.05, 0) is 59.4 Å². The van der Waals surface area contributed by atoms with Gasteiger partial charge in [0.2, 0.25) is 0 Å². The van der Waals surface area contributed by atoms with Gasteiger partial charge in [0.1, 0.15) is 0 Å². The molecule has 0 aromatic rings. The molecule has 0 bridgehead atoms. The van der Waals surface area contributed by atoms with Gasteiger partial charge in [-0.25, -0.2) is 0 Å². The maximum Gasteiger partial charge on any atom is 0.0223 e. The average Bonchev–Trinajstić information content (AvgIpc) is 2.39. The molecule has 0 aromatic carbocycles. The van der Waals surface area contributed by atoms with Gasteiger partial charge in [-0.1, -0.05) is 13.8 Å². The molecule has 2 rings (SSSR count). The Balaban J connectivity index is 0.000000771. The summed E-state index contributed by atoms with van der Waals surface area (Å²) in [5.74, 6) is 0.968. The molecule has 3 heteroatoms. The molecule has 1 atom stereocenters.